The monoisotopic (exact) mass is 348 g/mol. The van der Waals surface area contributed by atoms with E-state index in [0.29, 0.717) is 31.6 Å². The minimum Gasteiger partial charge on any atom is -0.390 e. The molecule has 2 aromatic rings. The van der Waals surface area contributed by atoms with Gasteiger partial charge in [-0.25, -0.2) is 0 Å². The fourth-order valence-electron chi connectivity index (χ4n) is 3.24. The lowest BCUT2D eigenvalue weighted by Gasteiger charge is -2.24. The summed E-state index contributed by atoms with van der Waals surface area (Å²) < 4.78 is 7.04. The number of likely N-dealkylation sites (N-methyl/N-ethyl adjacent to an activating group) is 1. The first kappa shape index (κ1) is 18.0. The zero-order chi connectivity index (χ0) is 17.8. The second-order valence-corrected chi connectivity index (χ2v) is 7.20. The van der Waals surface area contributed by atoms with Crippen molar-refractivity contribution in [2.75, 3.05) is 26.7 Å². The summed E-state index contributed by atoms with van der Waals surface area (Å²) in [6.07, 6.45) is 4.28. The highest BCUT2D eigenvalue weighted by molar-refractivity contribution is 4.92. The fourth-order valence-corrected chi connectivity index (χ4v) is 3.24. The van der Waals surface area contributed by atoms with Crippen LogP contribution in [0.15, 0.2) is 23.0 Å². The molecule has 3 heterocycles. The first-order valence-electron chi connectivity index (χ1n) is 8.92. The van der Waals surface area contributed by atoms with E-state index in [1.54, 1.807) is 10.9 Å². The minimum atomic E-state index is -0.408. The highest BCUT2D eigenvalue weighted by Gasteiger charge is 2.27. The molecule has 1 aliphatic heterocycles. The number of nitrogens with zero attached hydrogens (tertiary/aromatic N) is 6. The summed E-state index contributed by atoms with van der Waals surface area (Å²) in [4.78, 5) is 9.03. The van der Waals surface area contributed by atoms with Gasteiger partial charge in [-0.2, -0.15) is 10.1 Å². The smallest absolute Gasteiger partial charge is 0.229 e. The molecule has 0 spiro atoms. The topological polar surface area (TPSA) is 83.5 Å². The van der Waals surface area contributed by atoms with Crippen LogP contribution >= 0.6 is 0 Å². The van der Waals surface area contributed by atoms with Crippen LogP contribution in [-0.2, 0) is 13.1 Å². The summed E-state index contributed by atoms with van der Waals surface area (Å²) in [6.45, 7) is 7.92. The van der Waals surface area contributed by atoms with Gasteiger partial charge >= 0.3 is 0 Å². The molecule has 2 aromatic heterocycles. The largest absolute Gasteiger partial charge is 0.390 e. The highest BCUT2D eigenvalue weighted by Crippen LogP contribution is 2.17. The van der Waals surface area contributed by atoms with E-state index in [1.807, 2.05) is 26.1 Å². The average molecular weight is 348 g/mol. The summed E-state index contributed by atoms with van der Waals surface area (Å²) in [7, 11) is 2.10. The number of β-amino-alcohol motifs (C(OH)–C–C–N with tert-alkyl or cyclic N) is 1. The van der Waals surface area contributed by atoms with Gasteiger partial charge in [0, 0.05) is 37.4 Å². The van der Waals surface area contributed by atoms with Gasteiger partial charge in [0.15, 0.2) is 5.82 Å². The number of likely N-dealkylation sites (tertiary alicyclic amines) is 1. The Balaban J connectivity index is 1.44. The lowest BCUT2D eigenvalue weighted by Crippen LogP contribution is -2.37. The van der Waals surface area contributed by atoms with E-state index in [4.69, 9.17) is 4.52 Å². The molecule has 2 atom stereocenters. The van der Waals surface area contributed by atoms with Crippen LogP contribution in [0.3, 0.4) is 0 Å². The number of rotatable bonds is 8. The molecule has 1 N–H and O–H groups in total. The number of hydrogen-bond donors (Lipinski definition) is 1. The van der Waals surface area contributed by atoms with Crippen LogP contribution in [0.1, 0.15) is 37.9 Å². The normalized spacial score (nSPS) is 20.0. The predicted octanol–water partition coefficient (Wildman–Crippen LogP) is 0.957. The van der Waals surface area contributed by atoms with E-state index in [-0.39, 0.29) is 5.92 Å². The second-order valence-electron chi connectivity index (χ2n) is 7.20. The molecule has 25 heavy (non-hydrogen) atoms. The van der Waals surface area contributed by atoms with E-state index < -0.39 is 6.10 Å². The first-order chi connectivity index (χ1) is 12.0. The number of aromatic nitrogens is 4. The summed E-state index contributed by atoms with van der Waals surface area (Å²) in [6, 6.07) is 2.31. The molecule has 0 aromatic carbocycles. The van der Waals surface area contributed by atoms with Crippen molar-refractivity contribution >= 4 is 0 Å². The van der Waals surface area contributed by atoms with Crippen LogP contribution < -0.4 is 0 Å². The van der Waals surface area contributed by atoms with Crippen LogP contribution in [0.2, 0.25) is 0 Å². The Morgan fingerprint density at radius 2 is 2.24 bits per heavy atom. The van der Waals surface area contributed by atoms with E-state index >= 15 is 0 Å². The van der Waals surface area contributed by atoms with Crippen molar-refractivity contribution in [1.29, 1.82) is 0 Å². The van der Waals surface area contributed by atoms with Crippen molar-refractivity contribution in [1.82, 2.24) is 29.7 Å². The molecular formula is C17H28N6O2. The quantitative estimate of drug-likeness (QED) is 0.760. The van der Waals surface area contributed by atoms with E-state index in [1.165, 1.54) is 0 Å². The lowest BCUT2D eigenvalue weighted by molar-refractivity contribution is 0.101. The highest BCUT2D eigenvalue weighted by atomic mass is 16.5. The molecule has 8 nitrogen and oxygen atoms in total. The zero-order valence-corrected chi connectivity index (χ0v) is 15.2. The van der Waals surface area contributed by atoms with Gasteiger partial charge in [0.2, 0.25) is 5.89 Å². The molecule has 0 amide bonds. The van der Waals surface area contributed by atoms with Gasteiger partial charge in [-0.15, -0.1) is 0 Å². The molecule has 0 bridgehead atoms. The van der Waals surface area contributed by atoms with E-state index in [9.17, 15) is 5.11 Å². The molecule has 8 heteroatoms. The van der Waals surface area contributed by atoms with Crippen LogP contribution in [0.4, 0.5) is 0 Å². The van der Waals surface area contributed by atoms with Crippen LogP contribution in [0.5, 0.6) is 0 Å². The number of aliphatic hydroxyl groups is 1. The van der Waals surface area contributed by atoms with Gasteiger partial charge in [0.25, 0.3) is 0 Å². The van der Waals surface area contributed by atoms with Crippen LogP contribution in [-0.4, -0.2) is 73.7 Å². The van der Waals surface area contributed by atoms with Gasteiger partial charge in [-0.1, -0.05) is 19.0 Å². The number of aliphatic hydroxyl groups excluding tert-OH is 1. The molecule has 1 aliphatic rings. The third-order valence-corrected chi connectivity index (χ3v) is 4.67. The van der Waals surface area contributed by atoms with E-state index in [2.05, 4.69) is 32.1 Å². The number of hydrogen-bond acceptors (Lipinski definition) is 7. The zero-order valence-electron chi connectivity index (χ0n) is 15.2. The molecule has 0 aliphatic carbocycles. The van der Waals surface area contributed by atoms with Crippen molar-refractivity contribution in [3.8, 4) is 0 Å². The standard InChI is InChI=1S/C17H28N6O2/c1-13(2)17-19-16(20-25-17)12-21(3)14-5-8-22(9-14)10-15(24)11-23-7-4-6-18-23/h4,6-7,13-15,24H,5,8-12H2,1-3H3/t14-,15-/m0/s1. The maximum absolute atomic E-state index is 10.2. The van der Waals surface area contributed by atoms with Crippen molar-refractivity contribution in [3.05, 3.63) is 30.2 Å². The molecule has 138 valence electrons. The third kappa shape index (κ3) is 4.87. The second kappa shape index (κ2) is 8.07. The maximum atomic E-state index is 10.2. The minimum absolute atomic E-state index is 0.254. The van der Waals surface area contributed by atoms with Crippen LogP contribution in [0, 0.1) is 0 Å². The van der Waals surface area contributed by atoms with Crippen molar-refractivity contribution in [3.63, 3.8) is 0 Å². The first-order valence-corrected chi connectivity index (χ1v) is 8.92. The fraction of sp³-hybridized carbons (Fsp3) is 0.706. The summed E-state index contributed by atoms with van der Waals surface area (Å²) in [5.74, 6) is 1.69. The molecule has 0 radical (unpaired) electrons. The van der Waals surface area contributed by atoms with Crippen molar-refractivity contribution in [2.45, 2.75) is 51.4 Å². The maximum Gasteiger partial charge on any atom is 0.229 e. The van der Waals surface area contributed by atoms with Gasteiger partial charge in [0.1, 0.15) is 0 Å². The third-order valence-electron chi connectivity index (χ3n) is 4.67. The van der Waals surface area contributed by atoms with Gasteiger partial charge < -0.3 is 9.63 Å². The summed E-state index contributed by atoms with van der Waals surface area (Å²) in [5, 5.41) is 18.5. The Morgan fingerprint density at radius 3 is 2.92 bits per heavy atom. The Hall–Kier alpha value is -1.77. The Labute approximate surface area is 148 Å². The molecule has 3 rings (SSSR count). The average Bonchev–Trinajstić information content (AvgIpc) is 3.28. The Bertz CT molecular complexity index is 641. The molecule has 1 fully saturated rings. The van der Waals surface area contributed by atoms with Crippen molar-refractivity contribution < 1.29 is 9.63 Å². The summed E-state index contributed by atoms with van der Waals surface area (Å²) in [5.41, 5.74) is 0. The summed E-state index contributed by atoms with van der Waals surface area (Å²) >= 11 is 0. The van der Waals surface area contributed by atoms with Gasteiger partial charge in [-0.3, -0.25) is 14.5 Å². The van der Waals surface area contributed by atoms with Crippen LogP contribution in [0.25, 0.3) is 0 Å². The molecule has 0 unspecified atom stereocenters. The molecule has 1 saturated heterocycles. The molecular weight excluding hydrogens is 320 g/mol. The molecule has 0 saturated carbocycles. The van der Waals surface area contributed by atoms with Gasteiger partial charge in [0.05, 0.1) is 19.2 Å². The predicted molar refractivity (Wildman–Crippen MR) is 92.9 cm³/mol. The van der Waals surface area contributed by atoms with Gasteiger partial charge in [-0.05, 0) is 26.1 Å². The lowest BCUT2D eigenvalue weighted by atomic mass is 10.2. The SMILES string of the molecule is CC(C)c1nc(CN(C)[C@H]2CCN(C[C@H](O)Cn3cccn3)C2)no1. The van der Waals surface area contributed by atoms with E-state index in [0.717, 1.165) is 25.3 Å². The Kier molecular flexibility index (Phi) is 5.82. The Morgan fingerprint density at radius 1 is 1.40 bits per heavy atom. The van der Waals surface area contributed by atoms with Crippen molar-refractivity contribution in [2.24, 2.45) is 0 Å².